The molecule has 2 aromatic carbocycles. The molecule has 0 unspecified atom stereocenters. The topological polar surface area (TPSA) is 9.23 Å². The molecule has 0 bridgehead atoms. The maximum atomic E-state index is 14.5. The summed E-state index contributed by atoms with van der Waals surface area (Å²) in [6.45, 7) is 0. The molecule has 0 N–H and O–H groups in total. The van der Waals surface area contributed by atoms with Crippen molar-refractivity contribution in [1.29, 1.82) is 0 Å². The number of methoxy groups -OCH3 is 1. The van der Waals surface area contributed by atoms with Crippen molar-refractivity contribution < 1.29 is 13.5 Å². The van der Waals surface area contributed by atoms with Gasteiger partial charge in [-0.1, -0.05) is 24.3 Å². The lowest BCUT2D eigenvalue weighted by molar-refractivity contribution is 0.408. The zero-order chi connectivity index (χ0) is 15.6. The molecular formula is C17H16F2OS2. The van der Waals surface area contributed by atoms with E-state index in [0.717, 1.165) is 23.5 Å². The van der Waals surface area contributed by atoms with Crippen LogP contribution in [0.2, 0.25) is 0 Å². The standard InChI is InChI=1S/C17H16F2OS2/c1-20-15-9-3-2-6-12(15)17(21-10-5-11-22-17)16-13(18)7-4-8-14(16)19/h2-4,6-9H,5,10-11H2,1H3. The molecule has 1 fully saturated rings. The zero-order valence-corrected chi connectivity index (χ0v) is 13.8. The molecule has 0 aromatic heterocycles. The Hall–Kier alpha value is -1.20. The average Bonchev–Trinajstić information content (AvgIpc) is 2.55. The Kier molecular flexibility index (Phi) is 4.64. The average molecular weight is 338 g/mol. The van der Waals surface area contributed by atoms with Crippen LogP contribution in [0.15, 0.2) is 42.5 Å². The SMILES string of the molecule is COc1ccccc1C1(c2c(F)cccc2F)SCCCS1. The minimum Gasteiger partial charge on any atom is -0.496 e. The van der Waals surface area contributed by atoms with Crippen molar-refractivity contribution in [2.75, 3.05) is 18.6 Å². The monoisotopic (exact) mass is 338 g/mol. The molecule has 22 heavy (non-hydrogen) atoms. The molecular weight excluding hydrogens is 322 g/mol. The first-order valence-corrected chi connectivity index (χ1v) is 9.02. The van der Waals surface area contributed by atoms with E-state index in [0.29, 0.717) is 5.75 Å². The van der Waals surface area contributed by atoms with Crippen molar-refractivity contribution in [3.05, 3.63) is 65.2 Å². The van der Waals surface area contributed by atoms with Gasteiger partial charge in [0, 0.05) is 5.56 Å². The number of rotatable bonds is 3. The lowest BCUT2D eigenvalue weighted by Gasteiger charge is -2.38. The Morgan fingerprint density at radius 1 is 0.955 bits per heavy atom. The molecule has 1 nitrogen and oxygen atoms in total. The zero-order valence-electron chi connectivity index (χ0n) is 12.1. The third kappa shape index (κ3) is 2.61. The molecule has 0 amide bonds. The Balaban J connectivity index is 2.26. The molecule has 116 valence electrons. The molecule has 3 rings (SSSR count). The predicted molar refractivity (Wildman–Crippen MR) is 89.7 cm³/mol. The van der Waals surface area contributed by atoms with E-state index in [-0.39, 0.29) is 5.56 Å². The molecule has 0 saturated carbocycles. The van der Waals surface area contributed by atoms with Gasteiger partial charge in [-0.15, -0.1) is 23.5 Å². The summed E-state index contributed by atoms with van der Waals surface area (Å²) in [7, 11) is 1.59. The second kappa shape index (κ2) is 6.50. The maximum absolute atomic E-state index is 14.5. The van der Waals surface area contributed by atoms with Gasteiger partial charge in [0.2, 0.25) is 0 Å². The van der Waals surface area contributed by atoms with Gasteiger partial charge in [0.15, 0.2) is 0 Å². The second-order valence-electron chi connectivity index (χ2n) is 4.96. The molecule has 2 aromatic rings. The van der Waals surface area contributed by atoms with E-state index < -0.39 is 15.7 Å². The van der Waals surface area contributed by atoms with E-state index in [1.807, 2.05) is 24.3 Å². The lowest BCUT2D eigenvalue weighted by atomic mass is 10.0. The van der Waals surface area contributed by atoms with E-state index >= 15 is 0 Å². The maximum Gasteiger partial charge on any atom is 0.131 e. The van der Waals surface area contributed by atoms with Crippen molar-refractivity contribution in [2.24, 2.45) is 0 Å². The first-order valence-electron chi connectivity index (χ1n) is 7.05. The first kappa shape index (κ1) is 15.7. The van der Waals surface area contributed by atoms with Crippen LogP contribution in [-0.2, 0) is 4.08 Å². The summed E-state index contributed by atoms with van der Waals surface area (Å²) >= 11 is 3.16. The van der Waals surface area contributed by atoms with Crippen LogP contribution in [0.25, 0.3) is 0 Å². The molecule has 0 atom stereocenters. The fourth-order valence-electron chi connectivity index (χ4n) is 2.70. The Labute approximate surface area is 137 Å². The highest BCUT2D eigenvalue weighted by atomic mass is 32.2. The number of halogens is 2. The number of ether oxygens (including phenoxy) is 1. The van der Waals surface area contributed by atoms with Gasteiger partial charge in [-0.05, 0) is 36.1 Å². The van der Waals surface area contributed by atoms with Gasteiger partial charge in [-0.2, -0.15) is 0 Å². The third-order valence-electron chi connectivity index (χ3n) is 3.65. The largest absolute Gasteiger partial charge is 0.496 e. The summed E-state index contributed by atoms with van der Waals surface area (Å²) < 4.78 is 33.6. The number of benzene rings is 2. The number of hydrogen-bond acceptors (Lipinski definition) is 3. The van der Waals surface area contributed by atoms with Crippen LogP contribution in [-0.4, -0.2) is 18.6 Å². The van der Waals surface area contributed by atoms with Gasteiger partial charge < -0.3 is 4.74 Å². The van der Waals surface area contributed by atoms with Crippen LogP contribution in [0.3, 0.4) is 0 Å². The summed E-state index contributed by atoms with van der Waals surface area (Å²) in [5.74, 6) is 1.37. The quantitative estimate of drug-likeness (QED) is 0.775. The van der Waals surface area contributed by atoms with E-state index in [1.165, 1.54) is 18.2 Å². The van der Waals surface area contributed by atoms with Gasteiger partial charge in [-0.3, -0.25) is 0 Å². The normalized spacial score (nSPS) is 17.2. The van der Waals surface area contributed by atoms with Gasteiger partial charge in [0.1, 0.15) is 21.5 Å². The van der Waals surface area contributed by atoms with Gasteiger partial charge >= 0.3 is 0 Å². The summed E-state index contributed by atoms with van der Waals surface area (Å²) in [5, 5.41) is 0. The minimum atomic E-state index is -0.805. The van der Waals surface area contributed by atoms with Crippen LogP contribution in [0, 0.1) is 11.6 Å². The third-order valence-corrected chi connectivity index (χ3v) is 7.01. The van der Waals surface area contributed by atoms with Gasteiger partial charge in [-0.25, -0.2) is 8.78 Å². The predicted octanol–water partition coefficient (Wildman–Crippen LogP) is 5.04. The van der Waals surface area contributed by atoms with Crippen molar-refractivity contribution in [1.82, 2.24) is 0 Å². The number of para-hydroxylation sites is 1. The van der Waals surface area contributed by atoms with Crippen LogP contribution < -0.4 is 4.74 Å². The molecule has 1 saturated heterocycles. The molecule has 1 aliphatic rings. The van der Waals surface area contributed by atoms with Gasteiger partial charge in [0.25, 0.3) is 0 Å². The van der Waals surface area contributed by atoms with Crippen LogP contribution in [0.1, 0.15) is 17.5 Å². The highest BCUT2D eigenvalue weighted by Crippen LogP contribution is 2.57. The molecule has 0 aliphatic carbocycles. The minimum absolute atomic E-state index is 0.120. The van der Waals surface area contributed by atoms with Crippen molar-refractivity contribution in [3.8, 4) is 5.75 Å². The molecule has 0 spiro atoms. The first-order chi connectivity index (χ1) is 10.7. The van der Waals surface area contributed by atoms with Crippen molar-refractivity contribution in [3.63, 3.8) is 0 Å². The van der Waals surface area contributed by atoms with Gasteiger partial charge in [0.05, 0.1) is 12.7 Å². The summed E-state index contributed by atoms with van der Waals surface area (Å²) in [6.07, 6.45) is 1.03. The summed E-state index contributed by atoms with van der Waals surface area (Å²) in [5.41, 5.74) is 0.936. The summed E-state index contributed by atoms with van der Waals surface area (Å²) in [6, 6.07) is 11.5. The van der Waals surface area contributed by atoms with E-state index in [9.17, 15) is 8.78 Å². The van der Waals surface area contributed by atoms with Crippen LogP contribution in [0.4, 0.5) is 8.78 Å². The van der Waals surface area contributed by atoms with Crippen molar-refractivity contribution in [2.45, 2.75) is 10.5 Å². The fraction of sp³-hybridized carbons (Fsp3) is 0.294. The van der Waals surface area contributed by atoms with E-state index in [4.69, 9.17) is 4.74 Å². The summed E-state index contributed by atoms with van der Waals surface area (Å²) in [4.78, 5) is 0. The fourth-order valence-corrected chi connectivity index (χ4v) is 6.19. The highest BCUT2D eigenvalue weighted by Gasteiger charge is 2.43. The number of hydrogen-bond donors (Lipinski definition) is 0. The van der Waals surface area contributed by atoms with Crippen LogP contribution in [0.5, 0.6) is 5.75 Å². The van der Waals surface area contributed by atoms with E-state index in [2.05, 4.69) is 0 Å². The lowest BCUT2D eigenvalue weighted by Crippen LogP contribution is -2.27. The Morgan fingerprint density at radius 2 is 1.59 bits per heavy atom. The molecule has 0 radical (unpaired) electrons. The Bertz CT molecular complexity index is 649. The smallest absolute Gasteiger partial charge is 0.131 e. The van der Waals surface area contributed by atoms with E-state index in [1.54, 1.807) is 30.6 Å². The highest BCUT2D eigenvalue weighted by molar-refractivity contribution is 8.18. The molecule has 5 heteroatoms. The number of thioether (sulfide) groups is 2. The van der Waals surface area contributed by atoms with Crippen molar-refractivity contribution >= 4 is 23.5 Å². The second-order valence-corrected chi connectivity index (χ2v) is 7.84. The molecule has 1 heterocycles. The Morgan fingerprint density at radius 3 is 2.23 bits per heavy atom. The van der Waals surface area contributed by atoms with Crippen LogP contribution >= 0.6 is 23.5 Å². The molecule has 1 aliphatic heterocycles.